The highest BCUT2D eigenvalue weighted by Gasteiger charge is 2.08. The van der Waals surface area contributed by atoms with Gasteiger partial charge in [-0.2, -0.15) is 0 Å². The molecule has 0 heterocycles. The Kier molecular flexibility index (Phi) is 7.11. The number of aryl methyl sites for hydroxylation is 1. The van der Waals surface area contributed by atoms with Gasteiger partial charge in [-0.1, -0.05) is 90.5 Å². The van der Waals surface area contributed by atoms with Crippen LogP contribution in [0.2, 0.25) is 0 Å². The van der Waals surface area contributed by atoms with Crippen molar-refractivity contribution in [3.05, 3.63) is 120 Å². The van der Waals surface area contributed by atoms with Gasteiger partial charge in [0.05, 0.1) is 18.8 Å². The van der Waals surface area contributed by atoms with E-state index < -0.39 is 0 Å². The van der Waals surface area contributed by atoms with Crippen molar-refractivity contribution in [1.82, 2.24) is 0 Å². The van der Waals surface area contributed by atoms with Crippen molar-refractivity contribution in [2.24, 2.45) is 0 Å². The number of hydrogen-bond donors (Lipinski definition) is 0. The Morgan fingerprint density at radius 2 is 1.28 bits per heavy atom. The Hall–Kier alpha value is -3.69. The van der Waals surface area contributed by atoms with Gasteiger partial charge in [-0.3, -0.25) is 0 Å². The summed E-state index contributed by atoms with van der Waals surface area (Å²) < 4.78 is 10.9. The summed E-state index contributed by atoms with van der Waals surface area (Å²) in [6.45, 7) is 3.19. The van der Waals surface area contributed by atoms with Crippen LogP contribution in [0, 0.1) is 6.92 Å². The van der Waals surface area contributed by atoms with Gasteiger partial charge in [0.2, 0.25) is 0 Å². The summed E-state index contributed by atoms with van der Waals surface area (Å²) in [7, 11) is 0. The number of ether oxygens (including phenoxy) is 2. The molecule has 0 unspecified atom stereocenters. The third-order valence-electron chi connectivity index (χ3n) is 5.27. The number of carbonyl (C=O) groups excluding carboxylic acids is 1. The standard InChI is InChI=1S/C29H26O3/c1-22-10-12-24(13-11-22)27-8-5-9-28(20-27)25-14-16-26(17-15-25)29(30)32-19-18-31-21-23-6-3-2-4-7-23/h2-17,20H,18-19,21H2,1H3. The van der Waals surface area contributed by atoms with Crippen molar-refractivity contribution in [1.29, 1.82) is 0 Å². The summed E-state index contributed by atoms with van der Waals surface area (Å²) in [4.78, 5) is 12.3. The summed E-state index contributed by atoms with van der Waals surface area (Å²) in [5.74, 6) is -0.340. The van der Waals surface area contributed by atoms with Crippen LogP contribution >= 0.6 is 0 Å². The fourth-order valence-corrected chi connectivity index (χ4v) is 3.46. The molecule has 3 nitrogen and oxygen atoms in total. The van der Waals surface area contributed by atoms with Crippen LogP contribution in [0.25, 0.3) is 22.3 Å². The first-order valence-electron chi connectivity index (χ1n) is 10.8. The van der Waals surface area contributed by atoms with E-state index >= 15 is 0 Å². The van der Waals surface area contributed by atoms with Crippen molar-refractivity contribution in [3.63, 3.8) is 0 Å². The van der Waals surface area contributed by atoms with E-state index in [1.165, 1.54) is 16.7 Å². The molecule has 0 atom stereocenters. The highest BCUT2D eigenvalue weighted by atomic mass is 16.6. The maximum atomic E-state index is 12.3. The Labute approximate surface area is 189 Å². The van der Waals surface area contributed by atoms with Gasteiger partial charge < -0.3 is 9.47 Å². The molecule has 0 bridgehead atoms. The smallest absolute Gasteiger partial charge is 0.338 e. The Balaban J connectivity index is 1.32. The number of esters is 1. The first-order valence-corrected chi connectivity index (χ1v) is 10.8. The summed E-state index contributed by atoms with van der Waals surface area (Å²) in [5, 5.41) is 0. The molecule has 3 heteroatoms. The molecule has 0 aromatic heterocycles. The molecule has 0 amide bonds. The van der Waals surface area contributed by atoms with Gasteiger partial charge in [0.25, 0.3) is 0 Å². The zero-order valence-corrected chi connectivity index (χ0v) is 18.2. The molecule has 32 heavy (non-hydrogen) atoms. The number of benzene rings is 4. The first-order chi connectivity index (χ1) is 15.7. The number of rotatable bonds is 8. The summed E-state index contributed by atoms with van der Waals surface area (Å²) in [6.07, 6.45) is 0. The largest absolute Gasteiger partial charge is 0.460 e. The second kappa shape index (κ2) is 10.6. The van der Waals surface area contributed by atoms with E-state index in [2.05, 4.69) is 55.5 Å². The molecule has 0 spiro atoms. The Morgan fingerprint density at radius 3 is 1.94 bits per heavy atom. The van der Waals surface area contributed by atoms with Crippen molar-refractivity contribution in [2.75, 3.05) is 13.2 Å². The molecule has 4 aromatic rings. The average molecular weight is 423 g/mol. The lowest BCUT2D eigenvalue weighted by Crippen LogP contribution is -2.10. The van der Waals surface area contributed by atoms with Crippen molar-refractivity contribution in [2.45, 2.75) is 13.5 Å². The fraction of sp³-hybridized carbons (Fsp3) is 0.138. The van der Waals surface area contributed by atoms with E-state index in [4.69, 9.17) is 9.47 Å². The third kappa shape index (κ3) is 5.71. The number of hydrogen-bond acceptors (Lipinski definition) is 3. The molecule has 0 N–H and O–H groups in total. The van der Waals surface area contributed by atoms with Crippen molar-refractivity contribution >= 4 is 5.97 Å². The van der Waals surface area contributed by atoms with Crippen LogP contribution < -0.4 is 0 Å². The average Bonchev–Trinajstić information content (AvgIpc) is 2.85. The van der Waals surface area contributed by atoms with Gasteiger partial charge in [0.1, 0.15) is 6.61 Å². The van der Waals surface area contributed by atoms with Crippen LogP contribution in [0.4, 0.5) is 0 Å². The van der Waals surface area contributed by atoms with E-state index in [9.17, 15) is 4.79 Å². The summed E-state index contributed by atoms with van der Waals surface area (Å²) in [5.41, 5.74) is 7.40. The van der Waals surface area contributed by atoms with Crippen LogP contribution in [-0.4, -0.2) is 19.2 Å². The molecule has 0 fully saturated rings. The minimum Gasteiger partial charge on any atom is -0.460 e. The molecule has 0 aliphatic rings. The molecular weight excluding hydrogens is 396 g/mol. The topological polar surface area (TPSA) is 35.5 Å². The fourth-order valence-electron chi connectivity index (χ4n) is 3.46. The predicted molar refractivity (Wildman–Crippen MR) is 128 cm³/mol. The maximum absolute atomic E-state index is 12.3. The summed E-state index contributed by atoms with van der Waals surface area (Å²) >= 11 is 0. The lowest BCUT2D eigenvalue weighted by Gasteiger charge is -2.09. The molecular formula is C29H26O3. The third-order valence-corrected chi connectivity index (χ3v) is 5.27. The molecule has 0 radical (unpaired) electrons. The number of carbonyl (C=O) groups is 1. The van der Waals surface area contributed by atoms with E-state index in [1.54, 1.807) is 12.1 Å². The normalized spacial score (nSPS) is 10.7. The second-order valence-corrected chi connectivity index (χ2v) is 7.70. The lowest BCUT2D eigenvalue weighted by atomic mass is 9.98. The zero-order chi connectivity index (χ0) is 22.2. The van der Waals surface area contributed by atoms with Gasteiger partial charge in [0.15, 0.2) is 0 Å². The zero-order valence-electron chi connectivity index (χ0n) is 18.2. The van der Waals surface area contributed by atoms with E-state index in [1.807, 2.05) is 42.5 Å². The van der Waals surface area contributed by atoms with E-state index in [0.717, 1.165) is 16.7 Å². The maximum Gasteiger partial charge on any atom is 0.338 e. The Morgan fingerprint density at radius 1 is 0.656 bits per heavy atom. The molecule has 0 saturated carbocycles. The van der Waals surface area contributed by atoms with E-state index in [0.29, 0.717) is 18.8 Å². The van der Waals surface area contributed by atoms with Crippen LogP contribution in [0.1, 0.15) is 21.5 Å². The monoisotopic (exact) mass is 422 g/mol. The van der Waals surface area contributed by atoms with Crippen LogP contribution in [0.5, 0.6) is 0 Å². The highest BCUT2D eigenvalue weighted by molar-refractivity contribution is 5.90. The molecule has 0 saturated heterocycles. The van der Waals surface area contributed by atoms with Crippen molar-refractivity contribution < 1.29 is 14.3 Å². The summed E-state index contributed by atoms with van der Waals surface area (Å²) in [6, 6.07) is 34.4. The van der Waals surface area contributed by atoms with Gasteiger partial charge in [-0.25, -0.2) is 4.79 Å². The van der Waals surface area contributed by atoms with E-state index in [-0.39, 0.29) is 12.6 Å². The Bertz CT molecular complexity index is 1150. The molecule has 4 aromatic carbocycles. The predicted octanol–water partition coefficient (Wildman–Crippen LogP) is 6.70. The quantitative estimate of drug-likeness (QED) is 0.234. The highest BCUT2D eigenvalue weighted by Crippen LogP contribution is 2.27. The molecule has 0 aliphatic heterocycles. The lowest BCUT2D eigenvalue weighted by molar-refractivity contribution is 0.0288. The second-order valence-electron chi connectivity index (χ2n) is 7.70. The minimum absolute atomic E-state index is 0.228. The van der Waals surface area contributed by atoms with Gasteiger partial charge in [0, 0.05) is 0 Å². The molecule has 160 valence electrons. The van der Waals surface area contributed by atoms with Crippen LogP contribution in [0.3, 0.4) is 0 Å². The van der Waals surface area contributed by atoms with Gasteiger partial charge in [-0.15, -0.1) is 0 Å². The molecule has 0 aliphatic carbocycles. The first kappa shape index (κ1) is 21.5. The van der Waals surface area contributed by atoms with Crippen LogP contribution in [0.15, 0.2) is 103 Å². The minimum atomic E-state index is -0.340. The van der Waals surface area contributed by atoms with Crippen LogP contribution in [-0.2, 0) is 16.1 Å². The van der Waals surface area contributed by atoms with Crippen molar-refractivity contribution in [3.8, 4) is 22.3 Å². The molecule has 4 rings (SSSR count). The SMILES string of the molecule is Cc1ccc(-c2cccc(-c3ccc(C(=O)OCCOCc4ccccc4)cc3)c2)cc1. The van der Waals surface area contributed by atoms with Gasteiger partial charge in [-0.05, 0) is 52.9 Å². The van der Waals surface area contributed by atoms with Gasteiger partial charge >= 0.3 is 5.97 Å².